The van der Waals surface area contributed by atoms with E-state index in [-0.39, 0.29) is 5.75 Å². The van der Waals surface area contributed by atoms with Crippen LogP contribution in [-0.4, -0.2) is 35.7 Å². The molecule has 1 fully saturated rings. The summed E-state index contributed by atoms with van der Waals surface area (Å²) in [6.45, 7) is 0.694. The molecule has 1 heterocycles. The molecule has 0 aliphatic carbocycles. The van der Waals surface area contributed by atoms with E-state index in [0.29, 0.717) is 18.0 Å². The van der Waals surface area contributed by atoms with Crippen LogP contribution in [0.5, 0.6) is 0 Å². The van der Waals surface area contributed by atoms with Gasteiger partial charge in [0.2, 0.25) is 5.91 Å². The SMILES string of the molecule is O=C(CSc1cccc(C(F)(F)F)c1)N1CCNC1=O. The van der Waals surface area contributed by atoms with Gasteiger partial charge in [-0.2, -0.15) is 13.2 Å². The molecule has 0 spiro atoms. The molecule has 0 bridgehead atoms. The molecule has 0 aromatic heterocycles. The van der Waals surface area contributed by atoms with Gasteiger partial charge in [0.1, 0.15) is 0 Å². The van der Waals surface area contributed by atoms with Crippen LogP contribution in [0, 0.1) is 0 Å². The second kappa shape index (κ2) is 5.74. The lowest BCUT2D eigenvalue weighted by atomic mass is 10.2. The van der Waals surface area contributed by atoms with Gasteiger partial charge in [-0.1, -0.05) is 6.07 Å². The lowest BCUT2D eigenvalue weighted by Crippen LogP contribution is -2.35. The first-order valence-electron chi connectivity index (χ1n) is 5.76. The molecule has 0 atom stereocenters. The monoisotopic (exact) mass is 304 g/mol. The molecule has 0 unspecified atom stereocenters. The maximum atomic E-state index is 12.5. The first kappa shape index (κ1) is 14.7. The van der Waals surface area contributed by atoms with E-state index in [1.807, 2.05) is 0 Å². The van der Waals surface area contributed by atoms with Crippen LogP contribution < -0.4 is 5.32 Å². The standard InChI is InChI=1S/C12H11F3N2O2S/c13-12(14,15)8-2-1-3-9(6-8)20-7-10(18)17-5-4-16-11(17)19/h1-3,6H,4-5,7H2,(H,16,19). The van der Waals surface area contributed by atoms with E-state index >= 15 is 0 Å². The number of rotatable bonds is 3. The molecule has 2 rings (SSSR count). The van der Waals surface area contributed by atoms with Gasteiger partial charge >= 0.3 is 12.2 Å². The second-order valence-corrected chi connectivity index (χ2v) is 5.14. The van der Waals surface area contributed by atoms with Crippen LogP contribution in [0.4, 0.5) is 18.0 Å². The lowest BCUT2D eigenvalue weighted by molar-refractivity contribution is -0.137. The summed E-state index contributed by atoms with van der Waals surface area (Å²) in [5.41, 5.74) is -0.756. The Morgan fingerprint density at radius 2 is 2.15 bits per heavy atom. The van der Waals surface area contributed by atoms with E-state index in [1.165, 1.54) is 12.1 Å². The van der Waals surface area contributed by atoms with Crippen molar-refractivity contribution >= 4 is 23.7 Å². The molecular weight excluding hydrogens is 293 g/mol. The molecule has 8 heteroatoms. The quantitative estimate of drug-likeness (QED) is 0.872. The van der Waals surface area contributed by atoms with Gasteiger partial charge in [0.15, 0.2) is 0 Å². The smallest absolute Gasteiger partial charge is 0.336 e. The van der Waals surface area contributed by atoms with Crippen molar-refractivity contribution in [2.45, 2.75) is 11.1 Å². The van der Waals surface area contributed by atoms with Gasteiger partial charge in [-0.05, 0) is 18.2 Å². The highest BCUT2D eigenvalue weighted by molar-refractivity contribution is 8.00. The van der Waals surface area contributed by atoms with Gasteiger partial charge in [-0.3, -0.25) is 9.69 Å². The Morgan fingerprint density at radius 1 is 1.40 bits per heavy atom. The summed E-state index contributed by atoms with van der Waals surface area (Å²) < 4.78 is 37.6. The number of hydrogen-bond donors (Lipinski definition) is 1. The topological polar surface area (TPSA) is 49.4 Å². The molecule has 108 valence electrons. The third-order valence-corrected chi connectivity index (χ3v) is 3.66. The van der Waals surface area contributed by atoms with Gasteiger partial charge in [0, 0.05) is 18.0 Å². The average Bonchev–Trinajstić information content (AvgIpc) is 2.82. The zero-order valence-corrected chi connectivity index (χ0v) is 11.1. The Kier molecular flexibility index (Phi) is 4.22. The number of carbonyl (C=O) groups is 2. The highest BCUT2D eigenvalue weighted by Crippen LogP contribution is 2.31. The predicted molar refractivity (Wildman–Crippen MR) is 67.3 cm³/mol. The highest BCUT2D eigenvalue weighted by atomic mass is 32.2. The molecule has 1 aliphatic heterocycles. The minimum Gasteiger partial charge on any atom is -0.336 e. The highest BCUT2D eigenvalue weighted by Gasteiger charge is 2.30. The molecule has 1 aromatic rings. The van der Waals surface area contributed by atoms with Crippen LogP contribution in [0.2, 0.25) is 0 Å². The molecule has 20 heavy (non-hydrogen) atoms. The summed E-state index contributed by atoms with van der Waals surface area (Å²) in [4.78, 5) is 24.4. The number of urea groups is 1. The van der Waals surface area contributed by atoms with Gasteiger partial charge < -0.3 is 5.32 Å². The molecule has 1 N–H and O–H groups in total. The first-order chi connectivity index (χ1) is 9.38. The first-order valence-corrected chi connectivity index (χ1v) is 6.75. The van der Waals surface area contributed by atoms with Crippen molar-refractivity contribution in [1.29, 1.82) is 0 Å². The maximum absolute atomic E-state index is 12.5. The Labute approximate surface area is 117 Å². The summed E-state index contributed by atoms with van der Waals surface area (Å²) in [6, 6.07) is 4.29. The molecule has 1 aromatic carbocycles. The van der Waals surface area contributed by atoms with Crippen LogP contribution in [0.25, 0.3) is 0 Å². The van der Waals surface area contributed by atoms with Crippen molar-refractivity contribution in [3.8, 4) is 0 Å². The Balaban J connectivity index is 1.97. The van der Waals surface area contributed by atoms with Gasteiger partial charge in [0.05, 0.1) is 11.3 Å². The summed E-state index contributed by atoms with van der Waals surface area (Å²) in [7, 11) is 0. The Bertz CT molecular complexity index is 534. The van der Waals surface area contributed by atoms with Crippen molar-refractivity contribution in [2.75, 3.05) is 18.8 Å². The van der Waals surface area contributed by atoms with E-state index < -0.39 is 23.7 Å². The minimum absolute atomic E-state index is 0.0747. The van der Waals surface area contributed by atoms with Crippen molar-refractivity contribution < 1.29 is 22.8 Å². The van der Waals surface area contributed by atoms with E-state index in [2.05, 4.69) is 5.32 Å². The number of imide groups is 1. The van der Waals surface area contributed by atoms with Gasteiger partial charge in [0.25, 0.3) is 0 Å². The summed E-state index contributed by atoms with van der Waals surface area (Å²) in [5.74, 6) is -0.489. The predicted octanol–water partition coefficient (Wildman–Crippen LogP) is 2.35. The van der Waals surface area contributed by atoms with Crippen molar-refractivity contribution in [1.82, 2.24) is 10.2 Å². The van der Waals surface area contributed by atoms with Crippen LogP contribution in [0.1, 0.15) is 5.56 Å². The largest absolute Gasteiger partial charge is 0.416 e. The van der Waals surface area contributed by atoms with Crippen molar-refractivity contribution in [3.63, 3.8) is 0 Å². The second-order valence-electron chi connectivity index (χ2n) is 4.09. The van der Waals surface area contributed by atoms with E-state index in [0.717, 1.165) is 28.8 Å². The zero-order chi connectivity index (χ0) is 14.8. The van der Waals surface area contributed by atoms with E-state index in [1.54, 1.807) is 0 Å². The Morgan fingerprint density at radius 3 is 2.75 bits per heavy atom. The normalized spacial score (nSPS) is 15.3. The van der Waals surface area contributed by atoms with Crippen molar-refractivity contribution in [2.24, 2.45) is 0 Å². The third kappa shape index (κ3) is 3.44. The van der Waals surface area contributed by atoms with Gasteiger partial charge in [-0.15, -0.1) is 11.8 Å². The number of alkyl halides is 3. The summed E-state index contributed by atoms with van der Waals surface area (Å²) in [6.07, 6.45) is -4.41. The Hall–Kier alpha value is -1.70. The number of nitrogens with one attached hydrogen (secondary N) is 1. The number of amides is 3. The molecule has 0 saturated carbocycles. The number of hydrogen-bond acceptors (Lipinski definition) is 3. The molecule has 3 amide bonds. The fourth-order valence-corrected chi connectivity index (χ4v) is 2.53. The molecule has 0 radical (unpaired) electrons. The molecule has 1 aliphatic rings. The fraction of sp³-hybridized carbons (Fsp3) is 0.333. The van der Waals surface area contributed by atoms with Crippen molar-refractivity contribution in [3.05, 3.63) is 29.8 Å². The zero-order valence-electron chi connectivity index (χ0n) is 10.2. The summed E-state index contributed by atoms with van der Waals surface area (Å²) in [5, 5.41) is 2.49. The van der Waals surface area contributed by atoms with Crippen LogP contribution >= 0.6 is 11.8 Å². The molecule has 4 nitrogen and oxygen atoms in total. The number of benzene rings is 1. The van der Waals surface area contributed by atoms with E-state index in [4.69, 9.17) is 0 Å². The minimum atomic E-state index is -4.41. The molecular formula is C12H11F3N2O2S. The summed E-state index contributed by atoms with van der Waals surface area (Å²) >= 11 is 0.976. The molecule has 1 saturated heterocycles. The van der Waals surface area contributed by atoms with Crippen LogP contribution in [-0.2, 0) is 11.0 Å². The average molecular weight is 304 g/mol. The lowest BCUT2D eigenvalue weighted by Gasteiger charge is -2.12. The van der Waals surface area contributed by atoms with Crippen LogP contribution in [0.3, 0.4) is 0 Å². The number of nitrogens with zero attached hydrogens (tertiary/aromatic N) is 1. The maximum Gasteiger partial charge on any atom is 0.416 e. The third-order valence-electron chi connectivity index (χ3n) is 2.68. The number of carbonyl (C=O) groups excluding carboxylic acids is 2. The number of halogens is 3. The van der Waals surface area contributed by atoms with E-state index in [9.17, 15) is 22.8 Å². The van der Waals surface area contributed by atoms with Crippen LogP contribution in [0.15, 0.2) is 29.2 Å². The fourth-order valence-electron chi connectivity index (χ4n) is 1.69. The van der Waals surface area contributed by atoms with Gasteiger partial charge in [-0.25, -0.2) is 4.79 Å². The number of thioether (sulfide) groups is 1.